The van der Waals surface area contributed by atoms with Crippen LogP contribution in [0.15, 0.2) is 58.2 Å². The predicted molar refractivity (Wildman–Crippen MR) is 124 cm³/mol. The molecule has 1 atom stereocenters. The topological polar surface area (TPSA) is 71.7 Å². The Morgan fingerprint density at radius 1 is 1.18 bits per heavy atom. The van der Waals surface area contributed by atoms with Crippen molar-refractivity contribution in [3.05, 3.63) is 70.8 Å². The lowest BCUT2D eigenvalue weighted by atomic mass is 10.2. The highest BCUT2D eigenvalue weighted by Gasteiger charge is 2.23. The molecule has 4 rings (SSSR count). The molecule has 0 spiro atoms. The molecule has 174 valence electrons. The van der Waals surface area contributed by atoms with Crippen molar-refractivity contribution in [3.63, 3.8) is 0 Å². The number of para-hydroxylation sites is 1. The molecule has 0 saturated carbocycles. The molecule has 1 aromatic heterocycles. The maximum Gasteiger partial charge on any atom is 0.277 e. The molecule has 2 heterocycles. The molecule has 2 aromatic carbocycles. The molecule has 1 amide bonds. The number of piperazine rings is 1. The minimum Gasteiger partial charge on any atom is -0.478 e. The van der Waals surface area contributed by atoms with E-state index in [0.717, 1.165) is 24.7 Å². The van der Waals surface area contributed by atoms with E-state index in [1.54, 1.807) is 19.1 Å². The second-order valence-corrected chi connectivity index (χ2v) is 9.04. The quantitative estimate of drug-likeness (QED) is 0.432. The first kappa shape index (κ1) is 23.5. The molecule has 0 N–H and O–H groups in total. The summed E-state index contributed by atoms with van der Waals surface area (Å²) in [5, 5.41) is 8.94. The van der Waals surface area contributed by atoms with E-state index in [0.29, 0.717) is 13.1 Å². The lowest BCUT2D eigenvalue weighted by molar-refractivity contribution is -0.130. The summed E-state index contributed by atoms with van der Waals surface area (Å²) in [6.45, 7) is 5.46. The molecule has 7 nitrogen and oxygen atoms in total. The molecule has 3 aromatic rings. The first-order chi connectivity index (χ1) is 16.0. The van der Waals surface area contributed by atoms with Crippen molar-refractivity contribution < 1.29 is 18.3 Å². The van der Waals surface area contributed by atoms with Crippen molar-refractivity contribution in [3.8, 4) is 5.75 Å². The Morgan fingerprint density at radius 2 is 1.97 bits per heavy atom. The van der Waals surface area contributed by atoms with Crippen molar-refractivity contribution in [2.75, 3.05) is 31.9 Å². The largest absolute Gasteiger partial charge is 0.478 e. The first-order valence-electron chi connectivity index (χ1n) is 10.6. The average molecular weight is 491 g/mol. The Hall–Kier alpha value is -2.62. The van der Waals surface area contributed by atoms with Crippen molar-refractivity contribution >= 4 is 29.3 Å². The molecule has 1 aliphatic rings. The van der Waals surface area contributed by atoms with Gasteiger partial charge in [-0.25, -0.2) is 4.39 Å². The van der Waals surface area contributed by atoms with Gasteiger partial charge in [0.1, 0.15) is 0 Å². The van der Waals surface area contributed by atoms with Gasteiger partial charge < -0.3 is 14.1 Å². The maximum atomic E-state index is 13.8. The van der Waals surface area contributed by atoms with Crippen LogP contribution >= 0.6 is 23.4 Å². The van der Waals surface area contributed by atoms with Crippen LogP contribution in [-0.2, 0) is 11.3 Å². The Labute approximate surface area is 200 Å². The molecule has 10 heteroatoms. The van der Waals surface area contributed by atoms with Crippen LogP contribution in [0.25, 0.3) is 0 Å². The number of carbonyl (C=O) groups excluding carboxylic acids is 1. The van der Waals surface area contributed by atoms with Crippen LogP contribution in [0, 0.1) is 5.82 Å². The van der Waals surface area contributed by atoms with E-state index in [9.17, 15) is 9.18 Å². The van der Waals surface area contributed by atoms with Gasteiger partial charge in [-0.15, -0.1) is 10.2 Å². The van der Waals surface area contributed by atoms with Gasteiger partial charge in [-0.05, 0) is 36.8 Å². The van der Waals surface area contributed by atoms with Crippen LogP contribution in [0.2, 0.25) is 5.02 Å². The van der Waals surface area contributed by atoms with Gasteiger partial charge in [0.15, 0.2) is 17.7 Å². The Morgan fingerprint density at radius 3 is 2.73 bits per heavy atom. The molecule has 1 aliphatic heterocycles. The van der Waals surface area contributed by atoms with Crippen LogP contribution in [0.5, 0.6) is 5.75 Å². The number of thioether (sulfide) groups is 1. The zero-order chi connectivity index (χ0) is 23.2. The van der Waals surface area contributed by atoms with Crippen LogP contribution in [-0.4, -0.2) is 57.8 Å². The second-order valence-electron chi connectivity index (χ2n) is 7.67. The van der Waals surface area contributed by atoms with Crippen molar-refractivity contribution in [2.24, 2.45) is 0 Å². The van der Waals surface area contributed by atoms with Gasteiger partial charge in [0.2, 0.25) is 5.91 Å². The Bertz CT molecular complexity index is 1090. The molecule has 0 aliphatic carbocycles. The summed E-state index contributed by atoms with van der Waals surface area (Å²) in [5.74, 6) is 0.109. The highest BCUT2D eigenvalue weighted by atomic mass is 35.5. The number of aromatic nitrogens is 2. The number of rotatable bonds is 8. The molecule has 0 radical (unpaired) electrons. The van der Waals surface area contributed by atoms with Crippen LogP contribution in [0.3, 0.4) is 0 Å². The van der Waals surface area contributed by atoms with Crippen LogP contribution in [0.1, 0.15) is 24.5 Å². The number of hydrogen-bond acceptors (Lipinski definition) is 7. The van der Waals surface area contributed by atoms with Crippen molar-refractivity contribution in [1.29, 1.82) is 0 Å². The number of amides is 1. The van der Waals surface area contributed by atoms with Gasteiger partial charge in [-0.3, -0.25) is 9.69 Å². The summed E-state index contributed by atoms with van der Waals surface area (Å²) in [5.41, 5.74) is 1.17. The molecule has 0 bridgehead atoms. The normalized spacial score (nSPS) is 15.4. The third-order valence-electron chi connectivity index (χ3n) is 5.25. The highest BCUT2D eigenvalue weighted by Crippen LogP contribution is 2.26. The molecule has 1 saturated heterocycles. The molecule has 33 heavy (non-hydrogen) atoms. The summed E-state index contributed by atoms with van der Waals surface area (Å²) >= 11 is 7.25. The first-order valence-corrected chi connectivity index (χ1v) is 12.0. The van der Waals surface area contributed by atoms with E-state index < -0.39 is 11.9 Å². The summed E-state index contributed by atoms with van der Waals surface area (Å²) < 4.78 is 24.9. The summed E-state index contributed by atoms with van der Waals surface area (Å²) in [7, 11) is 0. The standard InChI is InChI=1S/C23H24ClFN4O3S/c1-16(31-20-8-3-2-7-19(20)25)22-26-27-23(32-22)33-15-21(30)29-11-9-28(10-12-29)14-17-5-4-6-18(24)13-17/h2-8,13,16H,9-12,14-15H2,1H3. The van der Waals surface area contributed by atoms with Gasteiger partial charge in [0.25, 0.3) is 11.1 Å². The zero-order valence-electron chi connectivity index (χ0n) is 18.1. The summed E-state index contributed by atoms with van der Waals surface area (Å²) in [6.07, 6.45) is -0.618. The minimum absolute atomic E-state index is 0.0258. The predicted octanol–water partition coefficient (Wildman–Crippen LogP) is 4.44. The third kappa shape index (κ3) is 6.46. The summed E-state index contributed by atoms with van der Waals surface area (Å²) in [6, 6.07) is 14.0. The zero-order valence-corrected chi connectivity index (χ0v) is 19.7. The Kier molecular flexibility index (Phi) is 7.85. The second kappa shape index (κ2) is 11.0. The lowest BCUT2D eigenvalue weighted by Crippen LogP contribution is -2.48. The SMILES string of the molecule is CC(Oc1ccccc1F)c1nnc(SCC(=O)N2CCN(Cc3cccc(Cl)c3)CC2)o1. The monoisotopic (exact) mass is 490 g/mol. The van der Waals surface area contributed by atoms with E-state index in [2.05, 4.69) is 21.2 Å². The number of benzene rings is 2. The van der Waals surface area contributed by atoms with Crippen molar-refractivity contribution in [2.45, 2.75) is 24.8 Å². The number of carbonyl (C=O) groups is 1. The molecule has 1 unspecified atom stereocenters. The molecular formula is C23H24ClFN4O3S. The Balaban J connectivity index is 1.22. The van der Waals surface area contributed by atoms with E-state index in [1.165, 1.54) is 29.5 Å². The van der Waals surface area contributed by atoms with E-state index in [1.807, 2.05) is 23.1 Å². The van der Waals surface area contributed by atoms with Gasteiger partial charge in [-0.1, -0.05) is 47.6 Å². The van der Waals surface area contributed by atoms with Crippen LogP contribution in [0.4, 0.5) is 4.39 Å². The van der Waals surface area contributed by atoms with Gasteiger partial charge in [0.05, 0.1) is 5.75 Å². The van der Waals surface area contributed by atoms with Crippen molar-refractivity contribution in [1.82, 2.24) is 20.0 Å². The van der Waals surface area contributed by atoms with E-state index >= 15 is 0 Å². The third-order valence-corrected chi connectivity index (χ3v) is 6.29. The van der Waals surface area contributed by atoms with Gasteiger partial charge in [0, 0.05) is 37.7 Å². The van der Waals surface area contributed by atoms with E-state index in [4.69, 9.17) is 20.8 Å². The lowest BCUT2D eigenvalue weighted by Gasteiger charge is -2.34. The fourth-order valence-corrected chi connectivity index (χ4v) is 4.37. The van der Waals surface area contributed by atoms with E-state index in [-0.39, 0.29) is 28.5 Å². The highest BCUT2D eigenvalue weighted by molar-refractivity contribution is 7.99. The average Bonchev–Trinajstić information content (AvgIpc) is 3.29. The molecule has 1 fully saturated rings. The number of ether oxygens (including phenoxy) is 1. The fraction of sp³-hybridized carbons (Fsp3) is 0.348. The maximum absolute atomic E-state index is 13.8. The fourth-order valence-electron chi connectivity index (χ4n) is 3.49. The molecular weight excluding hydrogens is 467 g/mol. The minimum atomic E-state index is -0.618. The van der Waals surface area contributed by atoms with Gasteiger partial charge >= 0.3 is 0 Å². The number of hydrogen-bond donors (Lipinski definition) is 0. The number of nitrogens with zero attached hydrogens (tertiary/aromatic N) is 4. The number of halogens is 2. The van der Waals surface area contributed by atoms with Crippen LogP contribution < -0.4 is 4.74 Å². The smallest absolute Gasteiger partial charge is 0.277 e. The van der Waals surface area contributed by atoms with Gasteiger partial charge in [-0.2, -0.15) is 0 Å². The summed E-state index contributed by atoms with van der Waals surface area (Å²) in [4.78, 5) is 16.8.